The van der Waals surface area contributed by atoms with Crippen LogP contribution in [-0.2, 0) is 0 Å². The molecule has 0 bridgehead atoms. The lowest BCUT2D eigenvalue weighted by Gasteiger charge is -2.14. The number of benzene rings is 2. The average Bonchev–Trinajstić information content (AvgIpc) is 3.15. The molecule has 1 saturated carbocycles. The number of hydrogen-bond acceptors (Lipinski definition) is 4. The van der Waals surface area contributed by atoms with Crippen LogP contribution in [0.2, 0.25) is 0 Å². The topological polar surface area (TPSA) is 59.6 Å². The fraction of sp³-hybridized carbons (Fsp3) is 0.350. The number of methoxy groups -OCH3 is 2. The van der Waals surface area contributed by atoms with E-state index in [4.69, 9.17) is 9.47 Å². The number of carbonyl (C=O) groups is 1. The third-order valence-electron chi connectivity index (χ3n) is 4.51. The summed E-state index contributed by atoms with van der Waals surface area (Å²) in [4.78, 5) is 12.4. The van der Waals surface area contributed by atoms with Gasteiger partial charge in [0, 0.05) is 23.0 Å². The Morgan fingerprint density at radius 2 is 1.56 bits per heavy atom. The van der Waals surface area contributed by atoms with Crippen molar-refractivity contribution >= 4 is 17.3 Å². The van der Waals surface area contributed by atoms with E-state index in [2.05, 4.69) is 10.6 Å². The molecule has 1 aliphatic rings. The first-order valence-corrected chi connectivity index (χ1v) is 8.59. The van der Waals surface area contributed by atoms with Gasteiger partial charge in [-0.15, -0.1) is 0 Å². The summed E-state index contributed by atoms with van der Waals surface area (Å²) < 4.78 is 10.4. The molecule has 25 heavy (non-hydrogen) atoms. The Labute approximate surface area is 148 Å². The maximum Gasteiger partial charge on any atom is 0.255 e. The van der Waals surface area contributed by atoms with Crippen LogP contribution in [0, 0.1) is 0 Å². The van der Waals surface area contributed by atoms with Gasteiger partial charge in [0.1, 0.15) is 0 Å². The smallest absolute Gasteiger partial charge is 0.255 e. The summed E-state index contributed by atoms with van der Waals surface area (Å²) in [5, 5.41) is 6.44. The molecule has 0 spiro atoms. The molecule has 1 amide bonds. The predicted octanol–water partition coefficient (Wildman–Crippen LogP) is 4.31. The van der Waals surface area contributed by atoms with Crippen LogP contribution in [0.4, 0.5) is 11.4 Å². The zero-order chi connectivity index (χ0) is 17.6. The molecule has 132 valence electrons. The minimum atomic E-state index is -0.183. The van der Waals surface area contributed by atoms with Crippen LogP contribution in [0.1, 0.15) is 36.0 Å². The molecule has 0 aromatic heterocycles. The van der Waals surface area contributed by atoms with Gasteiger partial charge in [-0.3, -0.25) is 4.79 Å². The van der Waals surface area contributed by atoms with Gasteiger partial charge in [0.2, 0.25) is 0 Å². The second kappa shape index (κ2) is 7.92. The van der Waals surface area contributed by atoms with Crippen LogP contribution >= 0.6 is 0 Å². The molecule has 5 nitrogen and oxygen atoms in total. The van der Waals surface area contributed by atoms with Crippen molar-refractivity contribution in [2.24, 2.45) is 0 Å². The molecule has 0 saturated heterocycles. The van der Waals surface area contributed by atoms with Crippen LogP contribution in [0.5, 0.6) is 11.5 Å². The fourth-order valence-electron chi connectivity index (χ4n) is 3.14. The molecule has 0 aliphatic heterocycles. The predicted molar refractivity (Wildman–Crippen MR) is 99.8 cm³/mol. The quantitative estimate of drug-likeness (QED) is 0.822. The van der Waals surface area contributed by atoms with E-state index >= 15 is 0 Å². The molecule has 2 aromatic rings. The molecule has 0 atom stereocenters. The first kappa shape index (κ1) is 17.1. The molecular weight excluding hydrogens is 316 g/mol. The minimum absolute atomic E-state index is 0.183. The van der Waals surface area contributed by atoms with Gasteiger partial charge in [-0.05, 0) is 55.3 Å². The maximum absolute atomic E-state index is 12.4. The van der Waals surface area contributed by atoms with E-state index in [0.717, 1.165) is 11.4 Å². The molecule has 2 aromatic carbocycles. The first-order chi connectivity index (χ1) is 12.2. The third kappa shape index (κ3) is 4.24. The van der Waals surface area contributed by atoms with Crippen molar-refractivity contribution in [3.8, 4) is 11.5 Å². The molecule has 0 heterocycles. The molecule has 1 aliphatic carbocycles. The summed E-state index contributed by atoms with van der Waals surface area (Å²) in [6.07, 6.45) is 5.07. The highest BCUT2D eigenvalue weighted by atomic mass is 16.5. The van der Waals surface area contributed by atoms with Gasteiger partial charge in [-0.25, -0.2) is 0 Å². The van der Waals surface area contributed by atoms with Gasteiger partial charge < -0.3 is 20.1 Å². The number of rotatable bonds is 6. The lowest BCUT2D eigenvalue weighted by Crippen LogP contribution is -2.15. The van der Waals surface area contributed by atoms with E-state index < -0.39 is 0 Å². The standard InChI is InChI=1S/C20H24N2O3/c1-24-18-12-7-14(13-19(18)25-2)20(23)22-17-10-8-16(9-11-17)21-15-5-3-4-6-15/h7-13,15,21H,3-6H2,1-2H3,(H,22,23). The van der Waals surface area contributed by atoms with Gasteiger partial charge in [-0.1, -0.05) is 12.8 Å². The SMILES string of the molecule is COc1ccc(C(=O)Nc2ccc(NC3CCCC3)cc2)cc1OC. The Morgan fingerprint density at radius 3 is 2.20 bits per heavy atom. The number of ether oxygens (including phenoxy) is 2. The maximum atomic E-state index is 12.4. The molecule has 1 fully saturated rings. The Morgan fingerprint density at radius 1 is 0.920 bits per heavy atom. The monoisotopic (exact) mass is 340 g/mol. The summed E-state index contributed by atoms with van der Waals surface area (Å²) >= 11 is 0. The number of nitrogens with one attached hydrogen (secondary N) is 2. The van der Waals surface area contributed by atoms with E-state index in [-0.39, 0.29) is 5.91 Å². The lowest BCUT2D eigenvalue weighted by atomic mass is 10.1. The van der Waals surface area contributed by atoms with E-state index in [1.807, 2.05) is 24.3 Å². The number of amides is 1. The Hall–Kier alpha value is -2.69. The van der Waals surface area contributed by atoms with Crippen LogP contribution in [-0.4, -0.2) is 26.2 Å². The highest BCUT2D eigenvalue weighted by Gasteiger charge is 2.14. The van der Waals surface area contributed by atoms with Gasteiger partial charge >= 0.3 is 0 Å². The summed E-state index contributed by atoms with van der Waals surface area (Å²) in [5.41, 5.74) is 2.37. The minimum Gasteiger partial charge on any atom is -0.493 e. The molecule has 0 radical (unpaired) electrons. The Bertz CT molecular complexity index is 722. The van der Waals surface area contributed by atoms with Crippen LogP contribution < -0.4 is 20.1 Å². The molecule has 2 N–H and O–H groups in total. The molecule has 3 rings (SSSR count). The molecule has 0 unspecified atom stereocenters. The number of hydrogen-bond donors (Lipinski definition) is 2. The van der Waals surface area contributed by atoms with Crippen molar-refractivity contribution in [1.29, 1.82) is 0 Å². The van der Waals surface area contributed by atoms with Crippen molar-refractivity contribution in [2.45, 2.75) is 31.7 Å². The summed E-state index contributed by atoms with van der Waals surface area (Å²) in [6, 6.07) is 13.5. The number of anilines is 2. The van der Waals surface area contributed by atoms with Gasteiger partial charge in [0.25, 0.3) is 5.91 Å². The second-order valence-corrected chi connectivity index (χ2v) is 6.23. The largest absolute Gasteiger partial charge is 0.493 e. The fourth-order valence-corrected chi connectivity index (χ4v) is 3.14. The van der Waals surface area contributed by atoms with Crippen LogP contribution in [0.15, 0.2) is 42.5 Å². The Kier molecular flexibility index (Phi) is 5.43. The highest BCUT2D eigenvalue weighted by molar-refractivity contribution is 6.04. The van der Waals surface area contributed by atoms with Crippen molar-refractivity contribution < 1.29 is 14.3 Å². The zero-order valence-corrected chi connectivity index (χ0v) is 14.7. The normalized spacial score (nSPS) is 14.2. The van der Waals surface area contributed by atoms with E-state index in [1.54, 1.807) is 32.4 Å². The zero-order valence-electron chi connectivity index (χ0n) is 14.7. The van der Waals surface area contributed by atoms with E-state index in [0.29, 0.717) is 23.1 Å². The summed E-state index contributed by atoms with van der Waals surface area (Å²) in [5.74, 6) is 0.949. The van der Waals surface area contributed by atoms with Gasteiger partial charge in [0.05, 0.1) is 14.2 Å². The van der Waals surface area contributed by atoms with Gasteiger partial charge in [0.15, 0.2) is 11.5 Å². The summed E-state index contributed by atoms with van der Waals surface area (Å²) in [6.45, 7) is 0. The van der Waals surface area contributed by atoms with Gasteiger partial charge in [-0.2, -0.15) is 0 Å². The lowest BCUT2D eigenvalue weighted by molar-refractivity contribution is 0.102. The van der Waals surface area contributed by atoms with Crippen molar-refractivity contribution in [3.05, 3.63) is 48.0 Å². The average molecular weight is 340 g/mol. The van der Waals surface area contributed by atoms with E-state index in [1.165, 1.54) is 25.7 Å². The third-order valence-corrected chi connectivity index (χ3v) is 4.51. The first-order valence-electron chi connectivity index (χ1n) is 8.59. The summed E-state index contributed by atoms with van der Waals surface area (Å²) in [7, 11) is 3.12. The van der Waals surface area contributed by atoms with Crippen molar-refractivity contribution in [3.63, 3.8) is 0 Å². The van der Waals surface area contributed by atoms with Crippen LogP contribution in [0.3, 0.4) is 0 Å². The second-order valence-electron chi connectivity index (χ2n) is 6.23. The number of carbonyl (C=O) groups excluding carboxylic acids is 1. The van der Waals surface area contributed by atoms with Crippen molar-refractivity contribution in [2.75, 3.05) is 24.9 Å². The highest BCUT2D eigenvalue weighted by Crippen LogP contribution is 2.28. The molecule has 5 heteroatoms. The Balaban J connectivity index is 1.64. The van der Waals surface area contributed by atoms with Crippen LogP contribution in [0.25, 0.3) is 0 Å². The van der Waals surface area contributed by atoms with Crippen molar-refractivity contribution in [1.82, 2.24) is 0 Å². The van der Waals surface area contributed by atoms with E-state index in [9.17, 15) is 4.79 Å². The molecular formula is C20H24N2O3.